The molecule has 0 saturated heterocycles. The van der Waals surface area contributed by atoms with Crippen molar-refractivity contribution in [2.75, 3.05) is 11.1 Å². The Morgan fingerprint density at radius 3 is 2.47 bits per heavy atom. The molecule has 2 aromatic heterocycles. The zero-order valence-corrected chi connectivity index (χ0v) is 12.2. The van der Waals surface area contributed by atoms with E-state index in [1.807, 2.05) is 36.5 Å². The number of rotatable bonds is 4. The first-order valence-corrected chi connectivity index (χ1v) is 6.47. The first-order valence-electron chi connectivity index (χ1n) is 6.47. The Labute approximate surface area is 113 Å². The highest BCUT2D eigenvalue weighted by atomic mass is 15.4. The summed E-state index contributed by atoms with van der Waals surface area (Å²) in [5, 5.41) is 12.2. The van der Waals surface area contributed by atoms with E-state index in [4.69, 9.17) is 5.73 Å². The number of aromatic nitrogens is 4. The summed E-state index contributed by atoms with van der Waals surface area (Å²) >= 11 is 0. The molecule has 0 aliphatic rings. The number of nitrogen functional groups attached to an aromatic ring is 1. The Kier molecular flexibility index (Phi) is 3.50. The molecule has 0 saturated carbocycles. The summed E-state index contributed by atoms with van der Waals surface area (Å²) in [6, 6.07) is 0.272. The fourth-order valence-electron chi connectivity index (χ4n) is 2.11. The van der Waals surface area contributed by atoms with Crippen LogP contribution in [-0.4, -0.2) is 19.6 Å². The van der Waals surface area contributed by atoms with Crippen LogP contribution in [0.4, 0.5) is 11.5 Å². The number of nitrogens with zero attached hydrogens (tertiary/aromatic N) is 4. The van der Waals surface area contributed by atoms with E-state index in [1.165, 1.54) is 0 Å². The Bertz CT molecular complexity index is 578. The molecule has 2 rings (SSSR count). The molecular formula is C13H22N6. The average Bonchev–Trinajstić information content (AvgIpc) is 2.79. The number of hydrogen-bond donors (Lipinski definition) is 2. The lowest BCUT2D eigenvalue weighted by atomic mass is 10.2. The topological polar surface area (TPSA) is 73.7 Å². The monoisotopic (exact) mass is 262 g/mol. The largest absolute Gasteiger partial charge is 0.394 e. The SMILES string of the molecule is Cc1nn(C)cc1CNc1c(N)c(C)nn1C(C)C. The van der Waals surface area contributed by atoms with Crippen LogP contribution >= 0.6 is 0 Å². The number of aryl methyl sites for hydroxylation is 3. The minimum absolute atomic E-state index is 0.272. The molecule has 0 unspecified atom stereocenters. The van der Waals surface area contributed by atoms with Gasteiger partial charge in [0, 0.05) is 31.4 Å². The van der Waals surface area contributed by atoms with Crippen molar-refractivity contribution < 1.29 is 0 Å². The minimum atomic E-state index is 0.272. The van der Waals surface area contributed by atoms with E-state index in [-0.39, 0.29) is 6.04 Å². The van der Waals surface area contributed by atoms with Crippen molar-refractivity contribution in [3.63, 3.8) is 0 Å². The average molecular weight is 262 g/mol. The van der Waals surface area contributed by atoms with Crippen molar-refractivity contribution in [2.24, 2.45) is 7.05 Å². The van der Waals surface area contributed by atoms with Crippen LogP contribution in [0.15, 0.2) is 6.20 Å². The van der Waals surface area contributed by atoms with Crippen LogP contribution in [0.25, 0.3) is 0 Å². The maximum atomic E-state index is 6.08. The normalized spacial score (nSPS) is 11.3. The molecule has 0 fully saturated rings. The molecular weight excluding hydrogens is 240 g/mol. The van der Waals surface area contributed by atoms with Gasteiger partial charge in [-0.3, -0.25) is 4.68 Å². The molecule has 104 valence electrons. The lowest BCUT2D eigenvalue weighted by molar-refractivity contribution is 0.534. The fraction of sp³-hybridized carbons (Fsp3) is 0.538. The van der Waals surface area contributed by atoms with E-state index >= 15 is 0 Å². The van der Waals surface area contributed by atoms with Crippen molar-refractivity contribution in [1.82, 2.24) is 19.6 Å². The standard InChI is InChI=1S/C13H22N6/c1-8(2)19-13(12(14)10(4)17-19)15-6-11-7-18(5)16-9(11)3/h7-8,15H,6,14H2,1-5H3. The Hall–Kier alpha value is -1.98. The van der Waals surface area contributed by atoms with Crippen LogP contribution in [0.2, 0.25) is 0 Å². The second-order valence-electron chi connectivity index (χ2n) is 5.15. The van der Waals surface area contributed by atoms with E-state index in [0.717, 1.165) is 28.5 Å². The molecule has 19 heavy (non-hydrogen) atoms. The van der Waals surface area contributed by atoms with Crippen molar-refractivity contribution in [3.8, 4) is 0 Å². The number of nitrogens with one attached hydrogen (secondary N) is 1. The second kappa shape index (κ2) is 4.95. The van der Waals surface area contributed by atoms with Gasteiger partial charge in [0.05, 0.1) is 17.1 Å². The van der Waals surface area contributed by atoms with Gasteiger partial charge < -0.3 is 11.1 Å². The molecule has 0 atom stereocenters. The third-order valence-corrected chi connectivity index (χ3v) is 3.18. The zero-order valence-electron chi connectivity index (χ0n) is 12.2. The summed E-state index contributed by atoms with van der Waals surface area (Å²) in [6.07, 6.45) is 2.02. The van der Waals surface area contributed by atoms with Gasteiger partial charge in [-0.1, -0.05) is 0 Å². The molecule has 0 aliphatic heterocycles. The van der Waals surface area contributed by atoms with Crippen molar-refractivity contribution >= 4 is 11.5 Å². The molecule has 0 bridgehead atoms. The molecule has 6 nitrogen and oxygen atoms in total. The number of nitrogens with two attached hydrogens (primary N) is 1. The molecule has 3 N–H and O–H groups in total. The summed E-state index contributed by atoms with van der Waals surface area (Å²) in [5.41, 5.74) is 9.85. The molecule has 6 heteroatoms. The lowest BCUT2D eigenvalue weighted by Crippen LogP contribution is -2.11. The van der Waals surface area contributed by atoms with Gasteiger partial charge in [0.1, 0.15) is 5.82 Å². The predicted octanol–water partition coefficient (Wildman–Crippen LogP) is 2.01. The van der Waals surface area contributed by atoms with Crippen molar-refractivity contribution in [1.29, 1.82) is 0 Å². The van der Waals surface area contributed by atoms with Gasteiger partial charge in [-0.15, -0.1) is 0 Å². The van der Waals surface area contributed by atoms with E-state index in [0.29, 0.717) is 6.54 Å². The molecule has 0 spiro atoms. The van der Waals surface area contributed by atoms with Gasteiger partial charge in [0.25, 0.3) is 0 Å². The van der Waals surface area contributed by atoms with E-state index < -0.39 is 0 Å². The highest BCUT2D eigenvalue weighted by Gasteiger charge is 2.15. The van der Waals surface area contributed by atoms with Crippen molar-refractivity contribution in [3.05, 3.63) is 23.1 Å². The summed E-state index contributed by atoms with van der Waals surface area (Å²) in [4.78, 5) is 0. The quantitative estimate of drug-likeness (QED) is 0.884. The Morgan fingerprint density at radius 2 is 1.95 bits per heavy atom. The molecule has 0 amide bonds. The van der Waals surface area contributed by atoms with Crippen LogP contribution in [0.5, 0.6) is 0 Å². The van der Waals surface area contributed by atoms with Gasteiger partial charge in [-0.05, 0) is 27.7 Å². The first-order chi connectivity index (χ1) is 8.90. The molecule has 0 radical (unpaired) electrons. The third-order valence-electron chi connectivity index (χ3n) is 3.18. The van der Waals surface area contributed by atoms with Crippen LogP contribution < -0.4 is 11.1 Å². The number of anilines is 2. The second-order valence-corrected chi connectivity index (χ2v) is 5.15. The third kappa shape index (κ3) is 2.57. The van der Waals surface area contributed by atoms with E-state index in [2.05, 4.69) is 29.4 Å². The van der Waals surface area contributed by atoms with Gasteiger partial charge in [-0.25, -0.2) is 4.68 Å². The van der Waals surface area contributed by atoms with E-state index in [1.54, 1.807) is 0 Å². The molecule has 2 heterocycles. The van der Waals surface area contributed by atoms with Gasteiger partial charge in [0.15, 0.2) is 0 Å². The molecule has 0 aliphatic carbocycles. The fourth-order valence-corrected chi connectivity index (χ4v) is 2.11. The van der Waals surface area contributed by atoms with Crippen LogP contribution in [0, 0.1) is 13.8 Å². The smallest absolute Gasteiger partial charge is 0.148 e. The maximum absolute atomic E-state index is 6.08. The first kappa shape index (κ1) is 13.5. The van der Waals surface area contributed by atoms with Gasteiger partial charge in [0.2, 0.25) is 0 Å². The summed E-state index contributed by atoms with van der Waals surface area (Å²) < 4.78 is 3.75. The zero-order chi connectivity index (χ0) is 14.2. The number of hydrogen-bond acceptors (Lipinski definition) is 4. The van der Waals surface area contributed by atoms with Crippen LogP contribution in [-0.2, 0) is 13.6 Å². The van der Waals surface area contributed by atoms with Crippen LogP contribution in [0.1, 0.15) is 36.8 Å². The summed E-state index contributed by atoms with van der Waals surface area (Å²) in [6.45, 7) is 8.81. The van der Waals surface area contributed by atoms with E-state index in [9.17, 15) is 0 Å². The summed E-state index contributed by atoms with van der Waals surface area (Å²) in [5.74, 6) is 0.885. The molecule has 0 aromatic carbocycles. The van der Waals surface area contributed by atoms with Gasteiger partial charge in [-0.2, -0.15) is 10.2 Å². The Balaban J connectivity index is 2.22. The highest BCUT2D eigenvalue weighted by Crippen LogP contribution is 2.26. The minimum Gasteiger partial charge on any atom is -0.394 e. The van der Waals surface area contributed by atoms with Gasteiger partial charge >= 0.3 is 0 Å². The van der Waals surface area contributed by atoms with Crippen molar-refractivity contribution in [2.45, 2.75) is 40.3 Å². The highest BCUT2D eigenvalue weighted by molar-refractivity contribution is 5.65. The maximum Gasteiger partial charge on any atom is 0.148 e. The lowest BCUT2D eigenvalue weighted by Gasteiger charge is -2.13. The summed E-state index contributed by atoms with van der Waals surface area (Å²) in [7, 11) is 1.92. The van der Waals surface area contributed by atoms with Crippen LogP contribution in [0.3, 0.4) is 0 Å². The molecule has 2 aromatic rings. The Morgan fingerprint density at radius 1 is 1.26 bits per heavy atom. The predicted molar refractivity (Wildman–Crippen MR) is 77.0 cm³/mol.